The molecular formula is C16H16BrClFNO. The van der Waals surface area contributed by atoms with Crippen molar-refractivity contribution in [1.29, 1.82) is 0 Å². The van der Waals surface area contributed by atoms with Crippen molar-refractivity contribution in [2.45, 2.75) is 19.9 Å². The van der Waals surface area contributed by atoms with Gasteiger partial charge in [-0.05, 0) is 59.6 Å². The van der Waals surface area contributed by atoms with Crippen molar-refractivity contribution < 1.29 is 9.13 Å². The summed E-state index contributed by atoms with van der Waals surface area (Å²) in [5, 5.41) is 3.92. The Balaban J connectivity index is 2.35. The van der Waals surface area contributed by atoms with Gasteiger partial charge in [0, 0.05) is 9.50 Å². The number of aryl methyl sites for hydroxylation is 1. The van der Waals surface area contributed by atoms with E-state index in [-0.39, 0.29) is 11.9 Å². The lowest BCUT2D eigenvalue weighted by molar-refractivity contribution is 0.402. The van der Waals surface area contributed by atoms with Crippen molar-refractivity contribution in [2.24, 2.45) is 0 Å². The van der Waals surface area contributed by atoms with Crippen molar-refractivity contribution in [3.63, 3.8) is 0 Å². The zero-order valence-corrected chi connectivity index (χ0v) is 14.3. The summed E-state index contributed by atoms with van der Waals surface area (Å²) in [6.07, 6.45) is 0. The van der Waals surface area contributed by atoms with Crippen molar-refractivity contribution in [1.82, 2.24) is 0 Å². The van der Waals surface area contributed by atoms with Crippen LogP contribution in [0.15, 0.2) is 34.8 Å². The monoisotopic (exact) mass is 371 g/mol. The number of benzene rings is 2. The smallest absolute Gasteiger partial charge is 0.132 e. The highest BCUT2D eigenvalue weighted by molar-refractivity contribution is 9.10. The van der Waals surface area contributed by atoms with E-state index in [2.05, 4.69) is 21.2 Å². The number of rotatable bonds is 4. The third-order valence-corrected chi connectivity index (χ3v) is 4.35. The number of methoxy groups -OCH3 is 1. The third kappa shape index (κ3) is 3.50. The van der Waals surface area contributed by atoms with Crippen LogP contribution in [-0.4, -0.2) is 7.11 Å². The van der Waals surface area contributed by atoms with Crippen LogP contribution in [0, 0.1) is 12.7 Å². The minimum Gasteiger partial charge on any atom is -0.496 e. The van der Waals surface area contributed by atoms with Crippen molar-refractivity contribution in [3.05, 3.63) is 56.8 Å². The average molecular weight is 373 g/mol. The molecule has 5 heteroatoms. The lowest BCUT2D eigenvalue weighted by Crippen LogP contribution is -2.11. The third-order valence-electron chi connectivity index (χ3n) is 3.29. The summed E-state index contributed by atoms with van der Waals surface area (Å²) < 4.78 is 20.2. The summed E-state index contributed by atoms with van der Waals surface area (Å²) in [6, 6.07) is 8.28. The minimum absolute atomic E-state index is 0.267. The first-order valence-corrected chi connectivity index (χ1v) is 7.65. The highest BCUT2D eigenvalue weighted by Crippen LogP contribution is 2.34. The molecule has 0 amide bonds. The molecule has 0 fully saturated rings. The topological polar surface area (TPSA) is 21.3 Å². The van der Waals surface area contributed by atoms with Gasteiger partial charge in [-0.15, -0.1) is 0 Å². The van der Waals surface area contributed by atoms with Gasteiger partial charge in [0.1, 0.15) is 11.6 Å². The summed E-state index contributed by atoms with van der Waals surface area (Å²) in [7, 11) is 1.53. The Hall–Kier alpha value is -1.26. The first-order chi connectivity index (χ1) is 9.93. The average Bonchev–Trinajstić information content (AvgIpc) is 2.44. The molecule has 0 aromatic heterocycles. The Kier molecular flexibility index (Phi) is 5.12. The predicted molar refractivity (Wildman–Crippen MR) is 88.9 cm³/mol. The molecule has 21 heavy (non-hydrogen) atoms. The molecular weight excluding hydrogens is 357 g/mol. The Labute approximate surface area is 137 Å². The lowest BCUT2D eigenvalue weighted by Gasteiger charge is -2.20. The van der Waals surface area contributed by atoms with E-state index >= 15 is 0 Å². The van der Waals surface area contributed by atoms with E-state index in [0.29, 0.717) is 16.3 Å². The highest BCUT2D eigenvalue weighted by Gasteiger charge is 2.17. The second kappa shape index (κ2) is 6.67. The molecule has 112 valence electrons. The van der Waals surface area contributed by atoms with Crippen LogP contribution in [0.4, 0.5) is 10.1 Å². The van der Waals surface area contributed by atoms with Crippen LogP contribution in [0.3, 0.4) is 0 Å². The number of nitrogens with one attached hydrogen (secondary N) is 1. The lowest BCUT2D eigenvalue weighted by atomic mass is 10.1. The Morgan fingerprint density at radius 2 is 2.05 bits per heavy atom. The molecule has 1 unspecified atom stereocenters. The Morgan fingerprint density at radius 3 is 2.71 bits per heavy atom. The zero-order valence-electron chi connectivity index (χ0n) is 12.0. The van der Waals surface area contributed by atoms with Crippen LogP contribution in [-0.2, 0) is 0 Å². The van der Waals surface area contributed by atoms with Crippen LogP contribution in [0.2, 0.25) is 5.02 Å². The molecule has 0 aliphatic carbocycles. The summed E-state index contributed by atoms with van der Waals surface area (Å²) in [5.41, 5.74) is 2.28. The largest absolute Gasteiger partial charge is 0.496 e. The molecule has 1 N–H and O–H groups in total. The van der Waals surface area contributed by atoms with Gasteiger partial charge < -0.3 is 10.1 Å². The second-order valence-corrected chi connectivity index (χ2v) is 6.06. The Bertz CT molecular complexity index is 663. The molecule has 0 aliphatic heterocycles. The van der Waals surface area contributed by atoms with Gasteiger partial charge in [-0.2, -0.15) is 0 Å². The van der Waals surface area contributed by atoms with E-state index in [1.54, 1.807) is 12.1 Å². The SMILES string of the molecule is COc1cccc(F)c1C(C)Nc1cc(Cl)c(C)cc1Br. The highest BCUT2D eigenvalue weighted by atomic mass is 79.9. The fourth-order valence-electron chi connectivity index (χ4n) is 2.18. The van der Waals surface area contributed by atoms with Crippen LogP contribution in [0.25, 0.3) is 0 Å². The minimum atomic E-state index is -0.302. The van der Waals surface area contributed by atoms with Crippen molar-refractivity contribution >= 4 is 33.2 Å². The standard InChI is InChI=1S/C16H16BrClFNO/c1-9-7-11(17)14(8-12(9)18)20-10(2)16-13(19)5-4-6-15(16)21-3/h4-8,10,20H,1-3H3. The van der Waals surface area contributed by atoms with Gasteiger partial charge in [0.15, 0.2) is 0 Å². The maximum atomic E-state index is 14.1. The number of hydrogen-bond donors (Lipinski definition) is 1. The molecule has 2 rings (SSSR count). The van der Waals surface area contributed by atoms with Crippen LogP contribution in [0.1, 0.15) is 24.1 Å². The van der Waals surface area contributed by atoms with Gasteiger partial charge in [0.25, 0.3) is 0 Å². The number of ether oxygens (including phenoxy) is 1. The quantitative estimate of drug-likeness (QED) is 0.740. The fraction of sp³-hybridized carbons (Fsp3) is 0.250. The van der Waals surface area contributed by atoms with E-state index in [9.17, 15) is 4.39 Å². The van der Waals surface area contributed by atoms with E-state index in [1.807, 2.05) is 26.0 Å². The van der Waals surface area contributed by atoms with Gasteiger partial charge in [-0.1, -0.05) is 17.7 Å². The fourth-order valence-corrected chi connectivity index (χ4v) is 2.91. The van der Waals surface area contributed by atoms with Crippen LogP contribution >= 0.6 is 27.5 Å². The van der Waals surface area contributed by atoms with Crippen LogP contribution < -0.4 is 10.1 Å². The normalized spacial score (nSPS) is 12.1. The molecule has 0 spiro atoms. The molecule has 2 aromatic carbocycles. The molecule has 0 saturated heterocycles. The maximum Gasteiger partial charge on any atom is 0.132 e. The maximum absolute atomic E-state index is 14.1. The molecule has 0 bridgehead atoms. The molecule has 0 saturated carbocycles. The predicted octanol–water partition coefficient (Wildman–Crippen LogP) is 5.73. The van der Waals surface area contributed by atoms with Crippen LogP contribution in [0.5, 0.6) is 5.75 Å². The number of anilines is 1. The van der Waals surface area contributed by atoms with E-state index in [1.165, 1.54) is 13.2 Å². The van der Waals surface area contributed by atoms with Crippen molar-refractivity contribution in [3.8, 4) is 5.75 Å². The molecule has 2 nitrogen and oxygen atoms in total. The molecule has 0 radical (unpaired) electrons. The molecule has 0 aliphatic rings. The van der Waals surface area contributed by atoms with Gasteiger partial charge in [-0.25, -0.2) is 4.39 Å². The van der Waals surface area contributed by atoms with E-state index < -0.39 is 0 Å². The molecule has 2 aromatic rings. The second-order valence-electron chi connectivity index (χ2n) is 4.80. The zero-order chi connectivity index (χ0) is 15.6. The summed E-state index contributed by atoms with van der Waals surface area (Å²) >= 11 is 9.64. The first kappa shape index (κ1) is 16.1. The summed E-state index contributed by atoms with van der Waals surface area (Å²) in [5.74, 6) is 0.216. The van der Waals surface area contributed by atoms with Gasteiger partial charge in [0.2, 0.25) is 0 Å². The first-order valence-electron chi connectivity index (χ1n) is 6.48. The molecule has 0 heterocycles. The van der Waals surface area contributed by atoms with Gasteiger partial charge >= 0.3 is 0 Å². The number of hydrogen-bond acceptors (Lipinski definition) is 2. The van der Waals surface area contributed by atoms with E-state index in [0.717, 1.165) is 15.7 Å². The Morgan fingerprint density at radius 1 is 1.33 bits per heavy atom. The van der Waals surface area contributed by atoms with Gasteiger partial charge in [-0.3, -0.25) is 0 Å². The molecule has 1 atom stereocenters. The number of halogens is 3. The van der Waals surface area contributed by atoms with E-state index in [4.69, 9.17) is 16.3 Å². The summed E-state index contributed by atoms with van der Waals surface area (Å²) in [4.78, 5) is 0. The van der Waals surface area contributed by atoms with Gasteiger partial charge in [0.05, 0.1) is 24.4 Å². The summed E-state index contributed by atoms with van der Waals surface area (Å²) in [6.45, 7) is 3.81. The van der Waals surface area contributed by atoms with Crippen molar-refractivity contribution in [2.75, 3.05) is 12.4 Å².